The van der Waals surface area contributed by atoms with Crippen molar-refractivity contribution >= 4 is 23.9 Å². The van der Waals surface area contributed by atoms with E-state index in [1.54, 1.807) is 13.8 Å². The van der Waals surface area contributed by atoms with Crippen LogP contribution in [0.1, 0.15) is 49.9 Å². The molecule has 0 fully saturated rings. The second-order valence-electron chi connectivity index (χ2n) is 13.2. The van der Waals surface area contributed by atoms with Gasteiger partial charge in [-0.15, -0.1) is 0 Å². The van der Waals surface area contributed by atoms with Gasteiger partial charge in [0.1, 0.15) is 24.7 Å². The third-order valence-electron chi connectivity index (χ3n) is 8.64. The first kappa shape index (κ1) is 42.8. The van der Waals surface area contributed by atoms with Gasteiger partial charge in [-0.3, -0.25) is 0 Å². The Balaban J connectivity index is 0.000000812. The number of rotatable bonds is 16. The Kier molecular flexibility index (Phi) is 14.7. The maximum atomic E-state index is 12.3. The summed E-state index contributed by atoms with van der Waals surface area (Å²) in [4.78, 5) is 46.4. The molecule has 0 N–H and O–H groups in total. The Morgan fingerprint density at radius 3 is 1.44 bits per heavy atom. The average molecular weight is 771 g/mol. The zero-order chi connectivity index (χ0) is 41.7. The van der Waals surface area contributed by atoms with Gasteiger partial charge in [-0.05, 0) is 85.3 Å². The average Bonchev–Trinajstić information content (AvgIpc) is 3.50. The zero-order valence-electron chi connectivity index (χ0n) is 32.6. The molecule has 0 bridgehead atoms. The van der Waals surface area contributed by atoms with Crippen molar-refractivity contribution in [3.8, 4) is 22.6 Å². The van der Waals surface area contributed by atoms with E-state index in [-0.39, 0.29) is 31.2 Å². The minimum absolute atomic E-state index is 0.0538. The molecular formula is C47H46O10. The molecule has 1 aliphatic rings. The summed E-state index contributed by atoms with van der Waals surface area (Å²) in [6.45, 7) is 23.1. The number of benzene rings is 4. The van der Waals surface area contributed by atoms with E-state index in [4.69, 9.17) is 23.7 Å². The molecule has 10 nitrogen and oxygen atoms in total. The van der Waals surface area contributed by atoms with E-state index in [2.05, 4.69) is 61.9 Å². The molecule has 0 aromatic heterocycles. The van der Waals surface area contributed by atoms with Crippen LogP contribution in [0, 0.1) is 0 Å². The van der Waals surface area contributed by atoms with Gasteiger partial charge in [-0.1, -0.05) is 106 Å². The zero-order valence-corrected chi connectivity index (χ0v) is 32.6. The second-order valence-corrected chi connectivity index (χ2v) is 13.2. The van der Waals surface area contributed by atoms with Crippen LogP contribution in [0.15, 0.2) is 159 Å². The van der Waals surface area contributed by atoms with E-state index in [0.717, 1.165) is 39.6 Å². The molecule has 10 heteroatoms. The minimum Gasteiger partial charge on any atom is -0.490 e. The molecular weight excluding hydrogens is 725 g/mol. The summed E-state index contributed by atoms with van der Waals surface area (Å²) in [6, 6.07) is 32.2. The molecule has 1 atom stereocenters. The van der Waals surface area contributed by atoms with Crippen LogP contribution in [0.3, 0.4) is 0 Å². The molecule has 1 aliphatic carbocycles. The Morgan fingerprint density at radius 2 is 1.00 bits per heavy atom. The smallest absolute Gasteiger partial charge is 0.337 e. The third kappa shape index (κ3) is 10.4. The van der Waals surface area contributed by atoms with Crippen molar-refractivity contribution in [2.75, 3.05) is 20.0 Å². The molecule has 294 valence electrons. The summed E-state index contributed by atoms with van der Waals surface area (Å²) in [5, 5.41) is 0. The van der Waals surface area contributed by atoms with E-state index < -0.39 is 35.4 Å². The monoisotopic (exact) mass is 770 g/mol. The highest BCUT2D eigenvalue weighted by Gasteiger charge is 2.45. The van der Waals surface area contributed by atoms with Crippen LogP contribution < -0.4 is 9.47 Å². The lowest BCUT2D eigenvalue weighted by atomic mass is 9.68. The van der Waals surface area contributed by atoms with E-state index in [9.17, 15) is 19.2 Å². The Labute approximate surface area is 333 Å². The maximum absolute atomic E-state index is 12.3. The standard InChI is InChI=1S/C41H38O8.C6H8O2/c1-26(2)38(42)46-24-33(49-40(44)28(5)6)23-45-31-19-15-29(16-20-31)41(30-17-21-32(22-18-30)47-25-48-39(43)27(3)4)36-13-9-7-11-34(36)35-12-8-10-14-37(35)41;1-4-8-6(7)5(2)3/h7-22,33H,1,3,5,23-25H2,2,4,6H3;4H,1-2H2,3H3. The summed E-state index contributed by atoms with van der Waals surface area (Å²) >= 11 is 0. The lowest BCUT2D eigenvalue weighted by Crippen LogP contribution is -2.31. The van der Waals surface area contributed by atoms with Crippen LogP contribution in [0.25, 0.3) is 11.1 Å². The topological polar surface area (TPSA) is 124 Å². The minimum atomic E-state index is -0.864. The molecule has 4 aromatic rings. The van der Waals surface area contributed by atoms with Gasteiger partial charge in [0, 0.05) is 22.3 Å². The molecule has 0 amide bonds. The second kappa shape index (κ2) is 19.6. The van der Waals surface area contributed by atoms with Crippen molar-refractivity contribution in [1.82, 2.24) is 0 Å². The molecule has 57 heavy (non-hydrogen) atoms. The fourth-order valence-corrected chi connectivity index (χ4v) is 5.93. The molecule has 4 aromatic carbocycles. The lowest BCUT2D eigenvalue weighted by molar-refractivity contribution is -0.155. The number of carbonyl (C=O) groups excluding carboxylic acids is 4. The third-order valence-corrected chi connectivity index (χ3v) is 8.64. The van der Waals surface area contributed by atoms with Crippen molar-refractivity contribution in [3.63, 3.8) is 0 Å². The highest BCUT2D eigenvalue weighted by atomic mass is 16.7. The van der Waals surface area contributed by atoms with Gasteiger partial charge in [0.25, 0.3) is 0 Å². The molecule has 0 saturated heterocycles. The Bertz CT molecular complexity index is 2130. The largest absolute Gasteiger partial charge is 0.490 e. The Morgan fingerprint density at radius 1 is 0.561 bits per heavy atom. The highest BCUT2D eigenvalue weighted by Crippen LogP contribution is 2.56. The van der Waals surface area contributed by atoms with E-state index >= 15 is 0 Å². The van der Waals surface area contributed by atoms with Crippen LogP contribution in [0.5, 0.6) is 11.5 Å². The van der Waals surface area contributed by atoms with E-state index in [1.807, 2.05) is 72.8 Å². The number of hydrogen-bond acceptors (Lipinski definition) is 10. The molecule has 0 saturated carbocycles. The van der Waals surface area contributed by atoms with Gasteiger partial charge in [-0.25, -0.2) is 19.2 Å². The fourth-order valence-electron chi connectivity index (χ4n) is 5.93. The lowest BCUT2D eigenvalue weighted by Gasteiger charge is -2.34. The summed E-state index contributed by atoms with van der Waals surface area (Å²) < 4.78 is 31.9. The number of ether oxygens (including phenoxy) is 6. The van der Waals surface area contributed by atoms with Crippen LogP contribution in [0.4, 0.5) is 0 Å². The predicted molar refractivity (Wildman–Crippen MR) is 217 cm³/mol. The van der Waals surface area contributed by atoms with Crippen LogP contribution >= 0.6 is 0 Å². The van der Waals surface area contributed by atoms with Gasteiger partial charge in [0.15, 0.2) is 6.10 Å². The fraction of sp³-hybridized carbons (Fsp3) is 0.191. The SMILES string of the molecule is C=C(C)C(=O)OCOc1ccc(C2(c3ccc(OCC(COC(=O)C(=C)C)OC(=O)C(=C)C)cc3)c3ccccc3-c3ccccc32)cc1.C=COC(=O)C(=C)C. The molecule has 0 aliphatic heterocycles. The quantitative estimate of drug-likeness (QED) is 0.0316. The highest BCUT2D eigenvalue weighted by molar-refractivity contribution is 5.89. The van der Waals surface area contributed by atoms with Gasteiger partial charge in [0.05, 0.1) is 11.7 Å². The summed E-state index contributed by atoms with van der Waals surface area (Å²) in [5.74, 6) is -1.06. The van der Waals surface area contributed by atoms with E-state index in [1.165, 1.54) is 13.8 Å². The van der Waals surface area contributed by atoms with Gasteiger partial charge >= 0.3 is 23.9 Å². The van der Waals surface area contributed by atoms with Crippen molar-refractivity contribution < 1.29 is 47.6 Å². The molecule has 5 rings (SSSR count). The number of esters is 4. The predicted octanol–water partition coefficient (Wildman–Crippen LogP) is 8.74. The Hall–Kier alpha value is -6.94. The molecule has 0 radical (unpaired) electrons. The first-order chi connectivity index (χ1) is 27.2. The summed E-state index contributed by atoms with van der Waals surface area (Å²) in [7, 11) is 0. The van der Waals surface area contributed by atoms with Crippen LogP contribution in [-0.2, 0) is 43.5 Å². The summed E-state index contributed by atoms with van der Waals surface area (Å²) in [5.41, 5.74) is 6.99. The van der Waals surface area contributed by atoms with Crippen molar-refractivity contribution in [3.05, 3.63) is 181 Å². The summed E-state index contributed by atoms with van der Waals surface area (Å²) in [6.07, 6.45) is 0.217. The number of fused-ring (bicyclic) bond motifs is 3. The number of carbonyl (C=O) groups is 4. The normalized spacial score (nSPS) is 12.1. The molecule has 0 heterocycles. The first-order valence-electron chi connectivity index (χ1n) is 17.9. The van der Waals surface area contributed by atoms with Gasteiger partial charge in [0.2, 0.25) is 6.79 Å². The maximum Gasteiger partial charge on any atom is 0.337 e. The van der Waals surface area contributed by atoms with E-state index in [0.29, 0.717) is 22.6 Å². The van der Waals surface area contributed by atoms with Gasteiger partial charge < -0.3 is 28.4 Å². The molecule has 0 spiro atoms. The van der Waals surface area contributed by atoms with Crippen molar-refractivity contribution in [2.45, 2.75) is 39.2 Å². The number of hydrogen-bond donors (Lipinski definition) is 0. The van der Waals surface area contributed by atoms with Gasteiger partial charge in [-0.2, -0.15) is 0 Å². The van der Waals surface area contributed by atoms with Crippen LogP contribution in [0.2, 0.25) is 0 Å². The van der Waals surface area contributed by atoms with Crippen molar-refractivity contribution in [1.29, 1.82) is 0 Å². The first-order valence-corrected chi connectivity index (χ1v) is 17.9. The van der Waals surface area contributed by atoms with Crippen LogP contribution in [-0.4, -0.2) is 50.0 Å². The molecule has 1 unspecified atom stereocenters. The van der Waals surface area contributed by atoms with Crippen molar-refractivity contribution in [2.24, 2.45) is 0 Å².